The number of hydrogen-bond donors (Lipinski definition) is 2. The molecule has 0 bridgehead atoms. The minimum absolute atomic E-state index is 0.00532. The molecule has 1 atom stereocenters. The molecule has 2 aromatic rings. The fourth-order valence-corrected chi connectivity index (χ4v) is 3.09. The summed E-state index contributed by atoms with van der Waals surface area (Å²) < 4.78 is 5.27. The molecule has 2 N–H and O–H groups in total. The average molecular weight is 350 g/mol. The lowest BCUT2D eigenvalue weighted by Crippen LogP contribution is -2.49. The van der Waals surface area contributed by atoms with E-state index in [2.05, 4.69) is 10.5 Å². The van der Waals surface area contributed by atoms with Gasteiger partial charge in [-0.3, -0.25) is 0 Å². The van der Waals surface area contributed by atoms with Crippen LogP contribution >= 0.6 is 11.6 Å². The molecule has 1 aliphatic rings. The molecule has 2 amide bonds. The molecule has 0 spiro atoms. The van der Waals surface area contributed by atoms with Crippen molar-refractivity contribution in [1.29, 1.82) is 0 Å². The molecule has 1 aromatic heterocycles. The number of nitrogens with one attached hydrogen (secondary N) is 1. The maximum atomic E-state index is 12.3. The molecule has 0 aliphatic carbocycles. The minimum Gasteiger partial charge on any atom is -0.394 e. The summed E-state index contributed by atoms with van der Waals surface area (Å²) in [6, 6.07) is 8.84. The van der Waals surface area contributed by atoms with Gasteiger partial charge in [-0.15, -0.1) is 0 Å². The molecule has 1 saturated heterocycles. The molecule has 7 heteroatoms. The number of amides is 2. The third-order valence-electron chi connectivity index (χ3n) is 4.19. The van der Waals surface area contributed by atoms with Crippen LogP contribution in [0.4, 0.5) is 4.79 Å². The Hall–Kier alpha value is -2.05. The van der Waals surface area contributed by atoms with Crippen LogP contribution in [0.3, 0.4) is 0 Å². The predicted octanol–water partition coefficient (Wildman–Crippen LogP) is 3.05. The van der Waals surface area contributed by atoms with Crippen LogP contribution in [0.25, 0.3) is 11.3 Å². The monoisotopic (exact) mass is 349 g/mol. The summed E-state index contributed by atoms with van der Waals surface area (Å²) >= 11 is 5.98. The zero-order chi connectivity index (χ0) is 16.9. The molecule has 1 fully saturated rings. The van der Waals surface area contributed by atoms with E-state index in [-0.39, 0.29) is 25.2 Å². The van der Waals surface area contributed by atoms with Crippen LogP contribution in [0, 0.1) is 0 Å². The number of aliphatic hydroxyl groups is 1. The van der Waals surface area contributed by atoms with Crippen molar-refractivity contribution in [2.45, 2.75) is 31.8 Å². The van der Waals surface area contributed by atoms with Gasteiger partial charge in [-0.05, 0) is 31.4 Å². The Labute approximate surface area is 145 Å². The number of hydrogen-bond acceptors (Lipinski definition) is 4. The van der Waals surface area contributed by atoms with E-state index in [1.165, 1.54) is 0 Å². The van der Waals surface area contributed by atoms with Crippen LogP contribution in [-0.4, -0.2) is 40.4 Å². The summed E-state index contributed by atoms with van der Waals surface area (Å²) in [5, 5.41) is 16.9. The third-order valence-corrected chi connectivity index (χ3v) is 4.43. The Balaban J connectivity index is 1.60. The second-order valence-electron chi connectivity index (χ2n) is 5.87. The van der Waals surface area contributed by atoms with Gasteiger partial charge in [-0.1, -0.05) is 28.9 Å². The Bertz CT molecular complexity index is 704. The summed E-state index contributed by atoms with van der Waals surface area (Å²) in [6.07, 6.45) is 2.84. The molecule has 0 saturated carbocycles. The van der Waals surface area contributed by atoms with Crippen molar-refractivity contribution >= 4 is 17.6 Å². The van der Waals surface area contributed by atoms with E-state index < -0.39 is 0 Å². The minimum atomic E-state index is -0.186. The molecular formula is C17H20ClN3O3. The second kappa shape index (κ2) is 7.68. The van der Waals surface area contributed by atoms with Crippen molar-refractivity contribution in [3.63, 3.8) is 0 Å². The van der Waals surface area contributed by atoms with Gasteiger partial charge in [0.15, 0.2) is 5.76 Å². The lowest BCUT2D eigenvalue weighted by molar-refractivity contribution is 0.107. The topological polar surface area (TPSA) is 78.6 Å². The predicted molar refractivity (Wildman–Crippen MR) is 90.6 cm³/mol. The van der Waals surface area contributed by atoms with Crippen molar-refractivity contribution in [2.24, 2.45) is 0 Å². The Kier molecular flexibility index (Phi) is 5.37. The van der Waals surface area contributed by atoms with E-state index in [0.717, 1.165) is 24.8 Å². The fourth-order valence-electron chi connectivity index (χ4n) is 2.90. The molecule has 1 aromatic carbocycles. The number of benzene rings is 1. The first-order valence-electron chi connectivity index (χ1n) is 8.04. The van der Waals surface area contributed by atoms with Gasteiger partial charge in [0.2, 0.25) is 0 Å². The maximum Gasteiger partial charge on any atom is 0.318 e. The van der Waals surface area contributed by atoms with Crippen LogP contribution in [0.2, 0.25) is 5.02 Å². The number of halogens is 1. The van der Waals surface area contributed by atoms with Gasteiger partial charge in [0.05, 0.1) is 19.2 Å². The van der Waals surface area contributed by atoms with Crippen molar-refractivity contribution in [3.05, 3.63) is 41.1 Å². The normalized spacial score (nSPS) is 17.8. The molecule has 3 rings (SSSR count). The summed E-state index contributed by atoms with van der Waals surface area (Å²) in [5.74, 6) is 0.566. The highest BCUT2D eigenvalue weighted by Crippen LogP contribution is 2.22. The number of carbonyl (C=O) groups is 1. The molecule has 0 radical (unpaired) electrons. The van der Waals surface area contributed by atoms with Gasteiger partial charge in [-0.2, -0.15) is 0 Å². The van der Waals surface area contributed by atoms with Crippen LogP contribution < -0.4 is 5.32 Å². The number of likely N-dealkylation sites (tertiary alicyclic amines) is 1. The van der Waals surface area contributed by atoms with Gasteiger partial charge >= 0.3 is 6.03 Å². The first-order chi connectivity index (χ1) is 11.7. The third kappa shape index (κ3) is 3.88. The van der Waals surface area contributed by atoms with E-state index in [1.54, 1.807) is 23.1 Å². The van der Waals surface area contributed by atoms with E-state index in [1.807, 2.05) is 12.1 Å². The first-order valence-corrected chi connectivity index (χ1v) is 8.42. The van der Waals surface area contributed by atoms with E-state index in [9.17, 15) is 9.90 Å². The molecule has 1 unspecified atom stereocenters. The largest absolute Gasteiger partial charge is 0.394 e. The Morgan fingerprint density at radius 3 is 3.08 bits per heavy atom. The summed E-state index contributed by atoms with van der Waals surface area (Å²) in [5.41, 5.74) is 1.54. The standard InChI is InChI=1S/C17H20ClN3O3/c18-13-5-3-4-12(8-13)16-9-15(24-20-16)10-19-17(23)21-7-2-1-6-14(21)11-22/h3-5,8-9,14,22H,1-2,6-7,10-11H2,(H,19,23). The highest BCUT2D eigenvalue weighted by Gasteiger charge is 2.26. The van der Waals surface area contributed by atoms with E-state index in [0.29, 0.717) is 23.0 Å². The second-order valence-corrected chi connectivity index (χ2v) is 6.31. The van der Waals surface area contributed by atoms with Gasteiger partial charge in [-0.25, -0.2) is 4.79 Å². The summed E-state index contributed by atoms with van der Waals surface area (Å²) in [6.45, 7) is 0.914. The number of piperidine rings is 1. The molecule has 128 valence electrons. The molecule has 24 heavy (non-hydrogen) atoms. The smallest absolute Gasteiger partial charge is 0.318 e. The maximum absolute atomic E-state index is 12.3. The van der Waals surface area contributed by atoms with Crippen molar-refractivity contribution in [1.82, 2.24) is 15.4 Å². The highest BCUT2D eigenvalue weighted by molar-refractivity contribution is 6.30. The number of aromatic nitrogens is 1. The number of rotatable bonds is 4. The molecule has 1 aliphatic heterocycles. The lowest BCUT2D eigenvalue weighted by Gasteiger charge is -2.34. The van der Waals surface area contributed by atoms with Gasteiger partial charge in [0, 0.05) is 23.2 Å². The number of carbonyl (C=O) groups excluding carboxylic acids is 1. The van der Waals surface area contributed by atoms with Crippen LogP contribution in [0.5, 0.6) is 0 Å². The number of nitrogens with zero attached hydrogens (tertiary/aromatic N) is 2. The van der Waals surface area contributed by atoms with Crippen molar-refractivity contribution in [3.8, 4) is 11.3 Å². The van der Waals surface area contributed by atoms with Crippen molar-refractivity contribution < 1.29 is 14.4 Å². The van der Waals surface area contributed by atoms with Crippen LogP contribution in [0.1, 0.15) is 25.0 Å². The van der Waals surface area contributed by atoms with E-state index in [4.69, 9.17) is 16.1 Å². The average Bonchev–Trinajstić information content (AvgIpc) is 3.08. The SMILES string of the molecule is O=C(NCc1cc(-c2cccc(Cl)c2)no1)N1CCCCC1CO. The molecule has 6 nitrogen and oxygen atoms in total. The molecular weight excluding hydrogens is 330 g/mol. The van der Waals surface area contributed by atoms with Crippen LogP contribution in [0.15, 0.2) is 34.9 Å². The zero-order valence-electron chi connectivity index (χ0n) is 13.2. The lowest BCUT2D eigenvalue weighted by atomic mass is 10.0. The number of aliphatic hydroxyl groups excluding tert-OH is 1. The summed E-state index contributed by atoms with van der Waals surface area (Å²) in [4.78, 5) is 14.0. The summed E-state index contributed by atoms with van der Waals surface area (Å²) in [7, 11) is 0. The fraction of sp³-hybridized carbons (Fsp3) is 0.412. The Morgan fingerprint density at radius 2 is 2.29 bits per heavy atom. The van der Waals surface area contributed by atoms with Gasteiger partial charge in [0.25, 0.3) is 0 Å². The van der Waals surface area contributed by atoms with Crippen molar-refractivity contribution in [2.75, 3.05) is 13.2 Å². The van der Waals surface area contributed by atoms with Gasteiger partial charge in [0.1, 0.15) is 5.69 Å². The highest BCUT2D eigenvalue weighted by atomic mass is 35.5. The Morgan fingerprint density at radius 1 is 1.42 bits per heavy atom. The molecule has 2 heterocycles. The first kappa shape index (κ1) is 16.8. The van der Waals surface area contributed by atoms with Crippen LogP contribution in [-0.2, 0) is 6.54 Å². The quantitative estimate of drug-likeness (QED) is 0.889. The number of urea groups is 1. The zero-order valence-corrected chi connectivity index (χ0v) is 14.0. The van der Waals surface area contributed by atoms with Gasteiger partial charge < -0.3 is 19.8 Å². The van der Waals surface area contributed by atoms with E-state index >= 15 is 0 Å².